The van der Waals surface area contributed by atoms with Crippen molar-refractivity contribution in [2.75, 3.05) is 6.61 Å². The van der Waals surface area contributed by atoms with Crippen molar-refractivity contribution in [1.29, 1.82) is 0 Å². The van der Waals surface area contributed by atoms with Crippen LogP contribution < -0.4 is 5.73 Å². The lowest BCUT2D eigenvalue weighted by Crippen LogP contribution is -2.10. The van der Waals surface area contributed by atoms with E-state index in [0.717, 1.165) is 5.56 Å². The van der Waals surface area contributed by atoms with Gasteiger partial charge in [-0.15, -0.1) is 0 Å². The second-order valence-corrected chi connectivity index (χ2v) is 3.10. The molecule has 0 aromatic heterocycles. The highest BCUT2D eigenvalue weighted by atomic mass is 32.1. The van der Waals surface area contributed by atoms with Crippen molar-refractivity contribution in [2.45, 2.75) is 6.92 Å². The molecule has 0 radical (unpaired) electrons. The molecular formula is C10H11NO2S. The Balaban J connectivity index is 2.83. The lowest BCUT2D eigenvalue weighted by molar-refractivity contribution is 0.0526. The van der Waals surface area contributed by atoms with Crippen molar-refractivity contribution < 1.29 is 9.53 Å². The van der Waals surface area contributed by atoms with Crippen LogP contribution in [0.1, 0.15) is 22.8 Å². The topological polar surface area (TPSA) is 52.3 Å². The van der Waals surface area contributed by atoms with Crippen LogP contribution in [0.15, 0.2) is 24.3 Å². The number of ether oxygens (including phenoxy) is 1. The first kappa shape index (κ1) is 10.7. The predicted molar refractivity (Wildman–Crippen MR) is 58.3 cm³/mol. The van der Waals surface area contributed by atoms with E-state index in [1.165, 1.54) is 0 Å². The maximum Gasteiger partial charge on any atom is 0.338 e. The molecule has 0 aliphatic carbocycles. The molecule has 1 aromatic carbocycles. The van der Waals surface area contributed by atoms with Gasteiger partial charge in [0.1, 0.15) is 4.99 Å². The molecule has 3 nitrogen and oxygen atoms in total. The van der Waals surface area contributed by atoms with Gasteiger partial charge < -0.3 is 10.5 Å². The number of esters is 1. The fourth-order valence-corrected chi connectivity index (χ4v) is 1.12. The molecule has 1 aromatic rings. The fourth-order valence-electron chi connectivity index (χ4n) is 0.985. The molecule has 4 heteroatoms. The van der Waals surface area contributed by atoms with Crippen LogP contribution in [0, 0.1) is 0 Å². The highest BCUT2D eigenvalue weighted by molar-refractivity contribution is 7.80. The van der Waals surface area contributed by atoms with E-state index in [0.29, 0.717) is 17.2 Å². The second-order valence-electron chi connectivity index (χ2n) is 2.66. The second kappa shape index (κ2) is 4.72. The summed E-state index contributed by atoms with van der Waals surface area (Å²) >= 11 is 4.78. The summed E-state index contributed by atoms with van der Waals surface area (Å²) in [5, 5.41) is 0. The van der Waals surface area contributed by atoms with Crippen LogP contribution in [-0.2, 0) is 4.74 Å². The van der Waals surface area contributed by atoms with E-state index in [4.69, 9.17) is 22.7 Å². The molecule has 0 aliphatic heterocycles. The third-order valence-corrected chi connectivity index (χ3v) is 1.92. The Labute approximate surface area is 87.9 Å². The Hall–Kier alpha value is -1.42. The Kier molecular flexibility index (Phi) is 3.59. The number of carbonyl (C=O) groups excluding carboxylic acids is 1. The van der Waals surface area contributed by atoms with Crippen molar-refractivity contribution in [1.82, 2.24) is 0 Å². The highest BCUT2D eigenvalue weighted by Gasteiger charge is 2.05. The van der Waals surface area contributed by atoms with Crippen LogP contribution in [0.3, 0.4) is 0 Å². The number of hydrogen-bond acceptors (Lipinski definition) is 3. The molecule has 0 unspecified atom stereocenters. The average Bonchev–Trinajstić information content (AvgIpc) is 2.18. The lowest BCUT2D eigenvalue weighted by atomic mass is 10.1. The first-order valence-corrected chi connectivity index (χ1v) is 4.63. The molecule has 0 amide bonds. The fraction of sp³-hybridized carbons (Fsp3) is 0.200. The first-order valence-electron chi connectivity index (χ1n) is 4.22. The molecule has 74 valence electrons. The van der Waals surface area contributed by atoms with Gasteiger partial charge in [0.15, 0.2) is 0 Å². The third kappa shape index (κ3) is 2.53. The summed E-state index contributed by atoms with van der Waals surface area (Å²) in [6.45, 7) is 2.14. The summed E-state index contributed by atoms with van der Waals surface area (Å²) in [4.78, 5) is 11.6. The van der Waals surface area contributed by atoms with E-state index in [-0.39, 0.29) is 5.97 Å². The molecule has 1 rings (SSSR count). The van der Waals surface area contributed by atoms with Crippen LogP contribution in [-0.4, -0.2) is 17.6 Å². The molecule has 2 N–H and O–H groups in total. The number of benzene rings is 1. The molecule has 14 heavy (non-hydrogen) atoms. The third-order valence-electron chi connectivity index (χ3n) is 1.68. The minimum atomic E-state index is -0.331. The molecule has 0 bridgehead atoms. The van der Waals surface area contributed by atoms with E-state index >= 15 is 0 Å². The van der Waals surface area contributed by atoms with Crippen LogP contribution in [0.5, 0.6) is 0 Å². The summed E-state index contributed by atoms with van der Waals surface area (Å²) in [6, 6.07) is 6.70. The van der Waals surface area contributed by atoms with Gasteiger partial charge in [-0.1, -0.05) is 24.4 Å². The molecule has 0 saturated heterocycles. The van der Waals surface area contributed by atoms with Gasteiger partial charge in [-0.2, -0.15) is 0 Å². The Morgan fingerprint density at radius 1 is 1.36 bits per heavy atom. The summed E-state index contributed by atoms with van der Waals surface area (Å²) in [7, 11) is 0. The molecule has 0 spiro atoms. The number of rotatable bonds is 3. The Morgan fingerprint density at radius 2 is 1.86 bits per heavy atom. The van der Waals surface area contributed by atoms with Gasteiger partial charge in [-0.3, -0.25) is 0 Å². The lowest BCUT2D eigenvalue weighted by Gasteiger charge is -2.02. The van der Waals surface area contributed by atoms with Crippen molar-refractivity contribution in [3.63, 3.8) is 0 Å². The van der Waals surface area contributed by atoms with E-state index in [9.17, 15) is 4.79 Å². The van der Waals surface area contributed by atoms with Crippen LogP contribution in [0.4, 0.5) is 0 Å². The van der Waals surface area contributed by atoms with Crippen LogP contribution in [0.25, 0.3) is 0 Å². The zero-order chi connectivity index (χ0) is 10.6. The number of thiocarbonyl (C=S) groups is 1. The maximum atomic E-state index is 11.2. The summed E-state index contributed by atoms with van der Waals surface area (Å²) in [5.74, 6) is -0.331. The van der Waals surface area contributed by atoms with Gasteiger partial charge in [0.2, 0.25) is 0 Å². The minimum Gasteiger partial charge on any atom is -0.462 e. The van der Waals surface area contributed by atoms with Gasteiger partial charge >= 0.3 is 5.97 Å². The normalized spacial score (nSPS) is 9.50. The van der Waals surface area contributed by atoms with Gasteiger partial charge in [-0.05, 0) is 19.1 Å². The summed E-state index contributed by atoms with van der Waals surface area (Å²) in [6.07, 6.45) is 0. The van der Waals surface area contributed by atoms with Crippen molar-refractivity contribution in [3.8, 4) is 0 Å². The first-order chi connectivity index (χ1) is 6.65. The quantitative estimate of drug-likeness (QED) is 0.605. The molecule has 0 atom stereocenters. The minimum absolute atomic E-state index is 0.320. The van der Waals surface area contributed by atoms with Crippen molar-refractivity contribution in [2.24, 2.45) is 5.73 Å². The number of nitrogens with two attached hydrogens (primary N) is 1. The SMILES string of the molecule is CCOC(=O)c1ccc(C(N)=S)cc1. The number of hydrogen-bond donors (Lipinski definition) is 1. The maximum absolute atomic E-state index is 11.2. The molecular weight excluding hydrogens is 198 g/mol. The van der Waals surface area contributed by atoms with Crippen molar-refractivity contribution in [3.05, 3.63) is 35.4 Å². The summed E-state index contributed by atoms with van der Waals surface area (Å²) in [5.41, 5.74) is 6.66. The molecule has 0 fully saturated rings. The smallest absolute Gasteiger partial charge is 0.338 e. The van der Waals surface area contributed by atoms with Crippen LogP contribution in [0.2, 0.25) is 0 Å². The molecule has 0 aliphatic rings. The van der Waals surface area contributed by atoms with Gasteiger partial charge in [-0.25, -0.2) is 4.79 Å². The zero-order valence-corrected chi connectivity index (χ0v) is 8.64. The molecule has 0 heterocycles. The predicted octanol–water partition coefficient (Wildman–Crippen LogP) is 1.50. The largest absolute Gasteiger partial charge is 0.462 e. The van der Waals surface area contributed by atoms with Gasteiger partial charge in [0.05, 0.1) is 12.2 Å². The number of carbonyl (C=O) groups is 1. The summed E-state index contributed by atoms with van der Waals surface area (Å²) < 4.78 is 4.83. The van der Waals surface area contributed by atoms with Gasteiger partial charge in [0.25, 0.3) is 0 Å². The van der Waals surface area contributed by atoms with E-state index in [1.807, 2.05) is 0 Å². The van der Waals surface area contributed by atoms with Gasteiger partial charge in [0, 0.05) is 5.56 Å². The van der Waals surface area contributed by atoms with Crippen LogP contribution >= 0.6 is 12.2 Å². The standard InChI is InChI=1S/C10H11NO2S/c1-2-13-10(12)8-5-3-7(4-6-8)9(11)14/h3-6H,2H2,1H3,(H2,11,14). The van der Waals surface area contributed by atoms with Crippen molar-refractivity contribution >= 4 is 23.2 Å². The average molecular weight is 209 g/mol. The highest BCUT2D eigenvalue weighted by Crippen LogP contribution is 2.05. The zero-order valence-electron chi connectivity index (χ0n) is 7.82. The van der Waals surface area contributed by atoms with E-state index < -0.39 is 0 Å². The Morgan fingerprint density at radius 3 is 2.29 bits per heavy atom. The Bertz CT molecular complexity index is 346. The van der Waals surface area contributed by atoms with E-state index in [2.05, 4.69) is 0 Å². The molecule has 0 saturated carbocycles. The van der Waals surface area contributed by atoms with E-state index in [1.54, 1.807) is 31.2 Å². The monoisotopic (exact) mass is 209 g/mol.